The Morgan fingerprint density at radius 2 is 2.05 bits per heavy atom. The molecule has 1 aliphatic carbocycles. The first-order valence-corrected chi connectivity index (χ1v) is 8.03. The molecule has 2 atom stereocenters. The van der Waals surface area contributed by atoms with Gasteiger partial charge in [-0.05, 0) is 42.7 Å². The summed E-state index contributed by atoms with van der Waals surface area (Å²) in [6.45, 7) is 2.46. The second-order valence-electron chi connectivity index (χ2n) is 5.15. The maximum absolute atomic E-state index is 5.67. The first-order chi connectivity index (χ1) is 9.33. The quantitative estimate of drug-likeness (QED) is 0.554. The van der Waals surface area contributed by atoms with Crippen molar-refractivity contribution in [2.24, 2.45) is 5.92 Å². The van der Waals surface area contributed by atoms with Crippen LogP contribution < -0.4 is 0 Å². The lowest BCUT2D eigenvalue weighted by Gasteiger charge is -2.29. The molecule has 2 nitrogen and oxygen atoms in total. The van der Waals surface area contributed by atoms with Crippen LogP contribution in [0.25, 0.3) is 0 Å². The molecule has 0 amide bonds. The van der Waals surface area contributed by atoms with Crippen molar-refractivity contribution in [1.29, 1.82) is 0 Å². The molecule has 0 aromatic heterocycles. The SMILES string of the molecule is COCCCOCCC1CCc2ccccc2C1Br. The molecule has 0 N–H and O–H groups in total. The zero-order valence-corrected chi connectivity index (χ0v) is 13.2. The number of aryl methyl sites for hydroxylation is 1. The molecular formula is C16H23BrO2. The number of methoxy groups -OCH3 is 1. The van der Waals surface area contributed by atoms with Gasteiger partial charge < -0.3 is 9.47 Å². The molecule has 0 spiro atoms. The van der Waals surface area contributed by atoms with E-state index in [1.807, 2.05) is 0 Å². The van der Waals surface area contributed by atoms with Crippen molar-refractivity contribution >= 4 is 15.9 Å². The zero-order valence-electron chi connectivity index (χ0n) is 11.6. The summed E-state index contributed by atoms with van der Waals surface area (Å²) in [6, 6.07) is 8.77. The van der Waals surface area contributed by atoms with Crippen LogP contribution in [0, 0.1) is 5.92 Å². The summed E-state index contributed by atoms with van der Waals surface area (Å²) in [5, 5.41) is 0. The minimum Gasteiger partial charge on any atom is -0.385 e. The van der Waals surface area contributed by atoms with E-state index in [-0.39, 0.29) is 0 Å². The van der Waals surface area contributed by atoms with E-state index in [2.05, 4.69) is 40.2 Å². The van der Waals surface area contributed by atoms with Gasteiger partial charge in [0.05, 0.1) is 0 Å². The van der Waals surface area contributed by atoms with Crippen LogP contribution in [0.5, 0.6) is 0 Å². The fourth-order valence-electron chi connectivity index (χ4n) is 2.70. The van der Waals surface area contributed by atoms with Crippen molar-refractivity contribution in [3.8, 4) is 0 Å². The van der Waals surface area contributed by atoms with Crippen molar-refractivity contribution in [2.45, 2.75) is 30.5 Å². The maximum Gasteiger partial charge on any atom is 0.0487 e. The molecule has 2 unspecified atom stereocenters. The standard InChI is InChI=1S/C16H23BrO2/c1-18-10-4-11-19-12-9-14-8-7-13-5-2-3-6-15(13)16(14)17/h2-3,5-6,14,16H,4,7-12H2,1H3. The van der Waals surface area contributed by atoms with Gasteiger partial charge >= 0.3 is 0 Å². The van der Waals surface area contributed by atoms with Crippen LogP contribution >= 0.6 is 15.9 Å². The Hall–Kier alpha value is -0.380. The van der Waals surface area contributed by atoms with Crippen LogP contribution in [-0.2, 0) is 15.9 Å². The molecule has 0 bridgehead atoms. The van der Waals surface area contributed by atoms with Crippen molar-refractivity contribution in [3.05, 3.63) is 35.4 Å². The summed E-state index contributed by atoms with van der Waals surface area (Å²) in [5.41, 5.74) is 2.97. The van der Waals surface area contributed by atoms with Crippen molar-refractivity contribution in [3.63, 3.8) is 0 Å². The first kappa shape index (κ1) is 15.0. The number of fused-ring (bicyclic) bond motifs is 1. The monoisotopic (exact) mass is 326 g/mol. The molecule has 0 heterocycles. The van der Waals surface area contributed by atoms with E-state index in [1.165, 1.54) is 24.0 Å². The van der Waals surface area contributed by atoms with Gasteiger partial charge in [-0.15, -0.1) is 0 Å². The number of hydrogen-bond donors (Lipinski definition) is 0. The second kappa shape index (κ2) is 8.03. The van der Waals surface area contributed by atoms with Crippen LogP contribution in [0.2, 0.25) is 0 Å². The highest BCUT2D eigenvalue weighted by Crippen LogP contribution is 2.41. The minimum absolute atomic E-state index is 0.486. The van der Waals surface area contributed by atoms with Gasteiger partial charge in [0.25, 0.3) is 0 Å². The molecular weight excluding hydrogens is 304 g/mol. The molecule has 0 fully saturated rings. The normalized spacial score (nSPS) is 22.2. The summed E-state index contributed by atoms with van der Waals surface area (Å²) < 4.78 is 10.7. The number of halogens is 1. The Balaban J connectivity index is 1.74. The predicted molar refractivity (Wildman–Crippen MR) is 81.9 cm³/mol. The van der Waals surface area contributed by atoms with E-state index in [1.54, 1.807) is 7.11 Å². The average molecular weight is 327 g/mol. The van der Waals surface area contributed by atoms with Crippen molar-refractivity contribution in [2.75, 3.05) is 26.9 Å². The first-order valence-electron chi connectivity index (χ1n) is 7.11. The largest absolute Gasteiger partial charge is 0.385 e. The third-order valence-electron chi connectivity index (χ3n) is 3.82. The predicted octanol–water partition coefficient (Wildman–Crippen LogP) is 4.13. The van der Waals surface area contributed by atoms with Crippen molar-refractivity contribution < 1.29 is 9.47 Å². The minimum atomic E-state index is 0.486. The van der Waals surface area contributed by atoms with Crippen molar-refractivity contribution in [1.82, 2.24) is 0 Å². The molecule has 0 radical (unpaired) electrons. The smallest absolute Gasteiger partial charge is 0.0487 e. The highest BCUT2D eigenvalue weighted by molar-refractivity contribution is 9.09. The zero-order chi connectivity index (χ0) is 13.5. The Bertz CT molecular complexity index is 381. The average Bonchev–Trinajstić information content (AvgIpc) is 2.45. The lowest BCUT2D eigenvalue weighted by atomic mass is 9.82. The van der Waals surface area contributed by atoms with Crippen LogP contribution in [0.15, 0.2) is 24.3 Å². The van der Waals surface area contributed by atoms with Gasteiger partial charge in [-0.3, -0.25) is 0 Å². The molecule has 1 aliphatic rings. The number of ether oxygens (including phenoxy) is 2. The maximum atomic E-state index is 5.67. The number of benzene rings is 1. The van der Waals surface area contributed by atoms with E-state index in [0.29, 0.717) is 10.7 Å². The molecule has 1 aromatic rings. The van der Waals surface area contributed by atoms with Gasteiger partial charge in [0, 0.05) is 31.8 Å². The lowest BCUT2D eigenvalue weighted by molar-refractivity contribution is 0.0923. The van der Waals surface area contributed by atoms with Gasteiger partial charge in [0.2, 0.25) is 0 Å². The topological polar surface area (TPSA) is 18.5 Å². The lowest BCUT2D eigenvalue weighted by Crippen LogP contribution is -2.18. The van der Waals surface area contributed by atoms with E-state index in [9.17, 15) is 0 Å². The summed E-state index contributed by atoms with van der Waals surface area (Å²) in [5.74, 6) is 0.692. The Kier molecular flexibility index (Phi) is 6.35. The van der Waals surface area contributed by atoms with Gasteiger partial charge in [-0.1, -0.05) is 40.2 Å². The Morgan fingerprint density at radius 1 is 1.21 bits per heavy atom. The fourth-order valence-corrected chi connectivity index (χ4v) is 3.68. The Labute approximate surface area is 124 Å². The second-order valence-corrected chi connectivity index (χ2v) is 6.13. The summed E-state index contributed by atoms with van der Waals surface area (Å²) in [4.78, 5) is 0.486. The van der Waals surface area contributed by atoms with Gasteiger partial charge in [-0.25, -0.2) is 0 Å². The molecule has 0 aliphatic heterocycles. The highest BCUT2D eigenvalue weighted by Gasteiger charge is 2.26. The van der Waals surface area contributed by atoms with Gasteiger partial charge in [0.15, 0.2) is 0 Å². The third kappa shape index (κ3) is 4.30. The Morgan fingerprint density at radius 3 is 2.89 bits per heavy atom. The number of alkyl halides is 1. The molecule has 0 saturated heterocycles. The van der Waals surface area contributed by atoms with Gasteiger partial charge in [-0.2, -0.15) is 0 Å². The summed E-state index contributed by atoms with van der Waals surface area (Å²) in [6.07, 6.45) is 4.58. The van der Waals surface area contributed by atoms with E-state index in [0.717, 1.165) is 32.7 Å². The van der Waals surface area contributed by atoms with E-state index in [4.69, 9.17) is 9.47 Å². The third-order valence-corrected chi connectivity index (χ3v) is 5.06. The summed E-state index contributed by atoms with van der Waals surface area (Å²) >= 11 is 3.87. The number of hydrogen-bond acceptors (Lipinski definition) is 2. The number of rotatable bonds is 7. The van der Waals surface area contributed by atoms with Crippen LogP contribution in [0.1, 0.15) is 35.2 Å². The molecule has 2 rings (SSSR count). The molecule has 106 valence electrons. The van der Waals surface area contributed by atoms with Crippen LogP contribution in [-0.4, -0.2) is 26.9 Å². The molecule has 3 heteroatoms. The van der Waals surface area contributed by atoms with E-state index >= 15 is 0 Å². The molecule has 1 aromatic carbocycles. The molecule has 19 heavy (non-hydrogen) atoms. The van der Waals surface area contributed by atoms with E-state index < -0.39 is 0 Å². The fraction of sp³-hybridized carbons (Fsp3) is 0.625. The molecule has 0 saturated carbocycles. The van der Waals surface area contributed by atoms with Crippen LogP contribution in [0.4, 0.5) is 0 Å². The highest BCUT2D eigenvalue weighted by atomic mass is 79.9. The van der Waals surface area contributed by atoms with Crippen LogP contribution in [0.3, 0.4) is 0 Å². The van der Waals surface area contributed by atoms with Gasteiger partial charge in [0.1, 0.15) is 0 Å². The summed E-state index contributed by atoms with van der Waals surface area (Å²) in [7, 11) is 1.73.